The fourth-order valence-corrected chi connectivity index (χ4v) is 5.08. The molecule has 1 fully saturated rings. The number of alkyl carbamates (subject to hydrolysis) is 1. The van der Waals surface area contributed by atoms with E-state index in [2.05, 4.69) is 15.3 Å². The zero-order valence-electron chi connectivity index (χ0n) is 25.9. The number of rotatable bonds is 11. The lowest BCUT2D eigenvalue weighted by Gasteiger charge is -2.29. The predicted octanol–water partition coefficient (Wildman–Crippen LogP) is 3.08. The lowest BCUT2D eigenvalue weighted by Crippen LogP contribution is -2.46. The summed E-state index contributed by atoms with van der Waals surface area (Å²) < 4.78 is 42.5. The molecule has 0 bridgehead atoms. The van der Waals surface area contributed by atoms with Crippen LogP contribution >= 0.6 is 11.8 Å². The van der Waals surface area contributed by atoms with Crippen LogP contribution in [0.5, 0.6) is 0 Å². The van der Waals surface area contributed by atoms with Crippen molar-refractivity contribution in [2.24, 2.45) is 9.98 Å². The van der Waals surface area contributed by atoms with Crippen LogP contribution < -0.4 is 5.32 Å². The van der Waals surface area contributed by atoms with E-state index in [9.17, 15) is 38.1 Å². The van der Waals surface area contributed by atoms with Crippen LogP contribution in [0.2, 0.25) is 0 Å². The minimum atomic E-state index is -5.08. The second kappa shape index (κ2) is 17.8. The Morgan fingerprint density at radius 3 is 2.10 bits per heavy atom. The van der Waals surface area contributed by atoms with Crippen LogP contribution in [0.1, 0.15) is 36.8 Å². The van der Waals surface area contributed by atoms with Crippen LogP contribution in [0.4, 0.5) is 18.0 Å². The SMILES string of the molecule is CSC1=NC2(O)C[C@H](O)[C@H](O)CN(CCCCC(NC(=O)OCc3ccccc3)C(=O)OCc3ccccc3)C2=N1.O=C(O)C(F)(F)F. The van der Waals surface area contributed by atoms with Crippen molar-refractivity contribution < 1.29 is 57.5 Å². The molecular formula is C31H37F3N4O9S. The molecule has 0 aromatic heterocycles. The number of aliphatic hydroxyl groups is 3. The Labute approximate surface area is 278 Å². The number of β-amino-alcohol motifs (C(OH)–C–C–N with tert-alkyl or cyclic N) is 1. The monoisotopic (exact) mass is 698 g/mol. The Bertz CT molecular complexity index is 1430. The maximum absolute atomic E-state index is 13.0. The average Bonchev–Trinajstić information content (AvgIpc) is 3.35. The summed E-state index contributed by atoms with van der Waals surface area (Å²) in [5.74, 6) is -3.04. The number of thioether (sulfide) groups is 1. The Morgan fingerprint density at radius 1 is 1.00 bits per heavy atom. The van der Waals surface area contributed by atoms with Gasteiger partial charge in [0.1, 0.15) is 19.3 Å². The Hall–Kier alpha value is -4.19. The standard InChI is InChI=1S/C29H36N4O7S.C2HF3O2/c1-41-27-31-26-29(38,32-27)16-23(34)24(35)17-33(26)15-9-8-14-22(25(36)39-18-20-10-4-2-5-11-20)30-28(37)40-19-21-12-6-3-7-13-21;3-2(4,5)1(6)7/h2-7,10-13,22-24,34-35,38H,8-9,14-19H2,1H3,(H,30,37);(H,6,7)/t22?,23-,24+,29?;/m0./s1. The molecule has 1 amide bonds. The first-order valence-corrected chi connectivity index (χ1v) is 16.0. The number of unbranched alkanes of at least 4 members (excludes halogenated alkanes) is 1. The van der Waals surface area contributed by atoms with Crippen LogP contribution in [0.25, 0.3) is 0 Å². The molecule has 2 aromatic rings. The number of aliphatic carboxylic acids is 1. The number of carbonyl (C=O) groups is 3. The van der Waals surface area contributed by atoms with E-state index >= 15 is 0 Å². The summed E-state index contributed by atoms with van der Waals surface area (Å²) in [7, 11) is 0. The second-order valence-electron chi connectivity index (χ2n) is 10.8. The molecule has 0 saturated carbocycles. The third-order valence-corrected chi connectivity index (χ3v) is 7.64. The third-order valence-electron chi connectivity index (χ3n) is 7.09. The number of hydrogen-bond donors (Lipinski definition) is 5. The zero-order valence-corrected chi connectivity index (χ0v) is 26.7. The van der Waals surface area contributed by atoms with E-state index in [0.29, 0.717) is 30.4 Å². The molecule has 2 unspecified atom stereocenters. The van der Waals surface area contributed by atoms with Crippen molar-refractivity contribution in [1.29, 1.82) is 0 Å². The number of nitrogens with zero attached hydrogens (tertiary/aromatic N) is 3. The minimum Gasteiger partial charge on any atom is -0.475 e. The molecule has 262 valence electrons. The van der Waals surface area contributed by atoms with Gasteiger partial charge in [-0.05, 0) is 36.6 Å². The van der Waals surface area contributed by atoms with Gasteiger partial charge < -0.3 is 40.1 Å². The number of aliphatic imine (C=N–C) groups is 2. The molecule has 5 N–H and O–H groups in total. The van der Waals surface area contributed by atoms with Gasteiger partial charge in [-0.25, -0.2) is 24.4 Å². The fourth-order valence-electron chi connectivity index (χ4n) is 4.66. The van der Waals surface area contributed by atoms with Crippen molar-refractivity contribution in [3.8, 4) is 0 Å². The van der Waals surface area contributed by atoms with E-state index in [1.807, 2.05) is 60.7 Å². The Kier molecular flexibility index (Phi) is 14.2. The number of carbonyl (C=O) groups excluding carboxylic acids is 2. The van der Waals surface area contributed by atoms with Gasteiger partial charge in [0.15, 0.2) is 11.0 Å². The van der Waals surface area contributed by atoms with Gasteiger partial charge >= 0.3 is 24.2 Å². The van der Waals surface area contributed by atoms with E-state index in [0.717, 1.165) is 11.1 Å². The van der Waals surface area contributed by atoms with Gasteiger partial charge in [0, 0.05) is 19.5 Å². The number of nitrogens with one attached hydrogen (secondary N) is 1. The quantitative estimate of drug-likeness (QED) is 0.171. The number of hydrogen-bond acceptors (Lipinski definition) is 12. The number of esters is 1. The Morgan fingerprint density at radius 2 is 1.56 bits per heavy atom. The highest BCUT2D eigenvalue weighted by atomic mass is 32.2. The first-order valence-electron chi connectivity index (χ1n) is 14.8. The molecule has 0 spiro atoms. The number of fused-ring (bicyclic) bond motifs is 1. The topological polar surface area (TPSA) is 191 Å². The number of likely N-dealkylation sites (tertiary alicyclic amines) is 1. The fraction of sp³-hybridized carbons (Fsp3) is 0.452. The van der Waals surface area contributed by atoms with Gasteiger partial charge in [-0.15, -0.1) is 0 Å². The number of ether oxygens (including phenoxy) is 2. The highest BCUT2D eigenvalue weighted by Gasteiger charge is 2.47. The van der Waals surface area contributed by atoms with Crippen molar-refractivity contribution in [2.75, 3.05) is 19.3 Å². The zero-order chi connectivity index (χ0) is 35.3. The van der Waals surface area contributed by atoms with Crippen LogP contribution in [-0.4, -0.2) is 104 Å². The molecule has 4 rings (SSSR count). The van der Waals surface area contributed by atoms with E-state index in [1.165, 1.54) is 11.8 Å². The molecule has 2 aromatic carbocycles. The molecule has 4 atom stereocenters. The molecule has 0 radical (unpaired) electrons. The number of benzene rings is 2. The number of aliphatic hydroxyl groups excluding tert-OH is 2. The molecule has 2 aliphatic heterocycles. The summed E-state index contributed by atoms with van der Waals surface area (Å²) in [5.41, 5.74) is -0.0628. The molecule has 2 heterocycles. The van der Waals surface area contributed by atoms with Crippen molar-refractivity contribution >= 4 is 40.8 Å². The molecule has 13 nitrogen and oxygen atoms in total. The van der Waals surface area contributed by atoms with Gasteiger partial charge in [-0.3, -0.25) is 0 Å². The maximum Gasteiger partial charge on any atom is 0.490 e. The van der Waals surface area contributed by atoms with Crippen molar-refractivity contribution in [3.05, 3.63) is 71.8 Å². The van der Waals surface area contributed by atoms with E-state index in [4.69, 9.17) is 19.4 Å². The maximum atomic E-state index is 13.0. The summed E-state index contributed by atoms with van der Waals surface area (Å²) in [6.45, 7) is 0.590. The van der Waals surface area contributed by atoms with Gasteiger partial charge in [0.25, 0.3) is 0 Å². The molecular weight excluding hydrogens is 661 g/mol. The first kappa shape index (κ1) is 38.3. The number of amidine groups is 2. The van der Waals surface area contributed by atoms with Crippen molar-refractivity contribution in [3.63, 3.8) is 0 Å². The lowest BCUT2D eigenvalue weighted by molar-refractivity contribution is -0.192. The highest BCUT2D eigenvalue weighted by Crippen LogP contribution is 2.31. The molecule has 2 aliphatic rings. The summed E-state index contributed by atoms with van der Waals surface area (Å²) in [6, 6.07) is 17.5. The van der Waals surface area contributed by atoms with Crippen molar-refractivity contribution in [2.45, 2.75) is 69.0 Å². The summed E-state index contributed by atoms with van der Waals surface area (Å²) in [6.07, 6.45) is -5.10. The number of carboxylic acids is 1. The predicted molar refractivity (Wildman–Crippen MR) is 169 cm³/mol. The largest absolute Gasteiger partial charge is 0.490 e. The molecule has 0 aliphatic carbocycles. The van der Waals surface area contributed by atoms with E-state index < -0.39 is 48.2 Å². The van der Waals surface area contributed by atoms with Gasteiger partial charge in [0.05, 0.1) is 12.2 Å². The number of amides is 1. The average molecular weight is 699 g/mol. The van der Waals surface area contributed by atoms with Crippen LogP contribution in [-0.2, 0) is 32.3 Å². The molecule has 1 saturated heterocycles. The number of halogens is 3. The molecule has 48 heavy (non-hydrogen) atoms. The summed E-state index contributed by atoms with van der Waals surface area (Å²) in [4.78, 5) is 44.8. The van der Waals surface area contributed by atoms with Gasteiger partial charge in [-0.2, -0.15) is 13.2 Å². The van der Waals surface area contributed by atoms with Crippen LogP contribution in [0.15, 0.2) is 70.6 Å². The van der Waals surface area contributed by atoms with Crippen LogP contribution in [0, 0.1) is 0 Å². The summed E-state index contributed by atoms with van der Waals surface area (Å²) in [5, 5.41) is 41.9. The summed E-state index contributed by atoms with van der Waals surface area (Å²) >= 11 is 1.28. The van der Waals surface area contributed by atoms with Crippen LogP contribution in [0.3, 0.4) is 0 Å². The minimum absolute atomic E-state index is 0.0622. The van der Waals surface area contributed by atoms with Gasteiger partial charge in [-0.1, -0.05) is 72.4 Å². The lowest BCUT2D eigenvalue weighted by atomic mass is 10.0. The smallest absolute Gasteiger partial charge is 0.475 e. The Balaban J connectivity index is 0.000000804. The molecule has 17 heteroatoms. The second-order valence-corrected chi connectivity index (χ2v) is 11.6. The van der Waals surface area contributed by atoms with Gasteiger partial charge in [0.2, 0.25) is 5.72 Å². The van der Waals surface area contributed by atoms with E-state index in [1.54, 1.807) is 11.2 Å². The van der Waals surface area contributed by atoms with E-state index in [-0.39, 0.29) is 32.6 Å². The first-order chi connectivity index (χ1) is 22.7. The number of alkyl halides is 3. The third kappa shape index (κ3) is 11.8. The highest BCUT2D eigenvalue weighted by molar-refractivity contribution is 8.13. The normalized spacial score (nSPS) is 20.9. The number of carboxylic acid groups (broad SMARTS) is 1. The van der Waals surface area contributed by atoms with Crippen molar-refractivity contribution in [1.82, 2.24) is 10.2 Å².